The van der Waals surface area contributed by atoms with E-state index in [1.807, 2.05) is 0 Å². The average Bonchev–Trinajstić information content (AvgIpc) is 2.80. The van der Waals surface area contributed by atoms with Crippen LogP contribution in [0.4, 0.5) is 11.8 Å². The van der Waals surface area contributed by atoms with Crippen molar-refractivity contribution in [2.24, 2.45) is 0 Å². The molecule has 1 unspecified atom stereocenters. The summed E-state index contributed by atoms with van der Waals surface area (Å²) in [6.07, 6.45) is 8.10. The lowest BCUT2D eigenvalue weighted by atomic mass is 9.91. The maximum absolute atomic E-state index is 12.5. The Bertz CT molecular complexity index is 1300. The highest BCUT2D eigenvalue weighted by atomic mass is 16.4. The van der Waals surface area contributed by atoms with E-state index in [4.69, 9.17) is 17.9 Å². The zero-order chi connectivity index (χ0) is 25.5. The molecule has 0 fully saturated rings. The van der Waals surface area contributed by atoms with Crippen LogP contribution < -0.4 is 16.8 Å². The molecule has 180 valence electrons. The van der Waals surface area contributed by atoms with Crippen LogP contribution in [-0.4, -0.2) is 48.7 Å². The van der Waals surface area contributed by atoms with E-state index < -0.39 is 17.9 Å². The molecule has 2 heterocycles. The Morgan fingerprint density at radius 2 is 1.86 bits per heavy atom. The summed E-state index contributed by atoms with van der Waals surface area (Å²) >= 11 is 0. The van der Waals surface area contributed by atoms with Crippen LogP contribution in [0.15, 0.2) is 30.5 Å². The highest BCUT2D eigenvalue weighted by Gasteiger charge is 2.21. The van der Waals surface area contributed by atoms with Gasteiger partial charge < -0.3 is 26.7 Å². The molecule has 0 aliphatic carbocycles. The summed E-state index contributed by atoms with van der Waals surface area (Å²) in [5.74, 6) is 0.788. The van der Waals surface area contributed by atoms with Gasteiger partial charge in [-0.15, -0.1) is 12.3 Å². The Balaban J connectivity index is 1.76. The summed E-state index contributed by atoms with van der Waals surface area (Å²) in [5.41, 5.74) is 13.9. The fourth-order valence-electron chi connectivity index (χ4n) is 3.54. The minimum absolute atomic E-state index is 0.00178. The normalized spacial score (nSPS) is 12.5. The van der Waals surface area contributed by atoms with Gasteiger partial charge >= 0.3 is 5.97 Å². The van der Waals surface area contributed by atoms with Crippen molar-refractivity contribution in [3.05, 3.63) is 47.3 Å². The molecular weight excluding hydrogens is 450 g/mol. The van der Waals surface area contributed by atoms with Gasteiger partial charge in [-0.3, -0.25) is 4.79 Å². The number of Topliss-reactive ketones (excluding diaryl/α,β-unsaturated/α-hetero) is 1. The first-order valence-corrected chi connectivity index (χ1v) is 10.8. The van der Waals surface area contributed by atoms with Crippen molar-refractivity contribution in [2.75, 3.05) is 11.5 Å². The number of nitrogens with zero attached hydrogens (tertiary/aromatic N) is 4. The van der Waals surface area contributed by atoms with Crippen molar-refractivity contribution in [1.29, 1.82) is 0 Å². The smallest absolute Gasteiger partial charge is 0.326 e. The van der Waals surface area contributed by atoms with Crippen LogP contribution in [0.1, 0.15) is 53.7 Å². The van der Waals surface area contributed by atoms with Crippen molar-refractivity contribution >= 4 is 40.6 Å². The van der Waals surface area contributed by atoms with E-state index in [0.29, 0.717) is 24.1 Å². The fraction of sp³-hybridized carbons (Fsp3) is 0.292. The van der Waals surface area contributed by atoms with E-state index in [2.05, 4.69) is 31.2 Å². The second kappa shape index (κ2) is 11.0. The standard InChI is InChI=1S/C24H25N7O4/c1-3-4-16(11-17-12-27-19-20(25)30-24(26)31-21(19)28-17)14-6-8-15(9-7-14)22(33)29-18(23(34)35)10-5-13(2)32/h1,6-9,12,16,18H,4-5,10-11H2,2H3,(H,29,33)(H,34,35)(H4,25,26,28,30,31)/t16?,18-/m0/s1. The van der Waals surface area contributed by atoms with E-state index in [-0.39, 0.29) is 47.5 Å². The molecule has 35 heavy (non-hydrogen) atoms. The third kappa shape index (κ3) is 6.48. The zero-order valence-corrected chi connectivity index (χ0v) is 19.1. The summed E-state index contributed by atoms with van der Waals surface area (Å²) in [7, 11) is 0. The first-order valence-electron chi connectivity index (χ1n) is 10.8. The average molecular weight is 476 g/mol. The molecule has 2 atom stereocenters. The molecule has 0 bridgehead atoms. The predicted molar refractivity (Wildman–Crippen MR) is 129 cm³/mol. The Labute approximate surface area is 201 Å². The van der Waals surface area contributed by atoms with Crippen molar-refractivity contribution in [3.63, 3.8) is 0 Å². The molecule has 0 saturated carbocycles. The summed E-state index contributed by atoms with van der Waals surface area (Å²) in [5, 5.41) is 11.8. The molecule has 3 aromatic rings. The van der Waals surface area contributed by atoms with Crippen molar-refractivity contribution < 1.29 is 19.5 Å². The van der Waals surface area contributed by atoms with Crippen LogP contribution in [0.2, 0.25) is 0 Å². The highest BCUT2D eigenvalue weighted by molar-refractivity contribution is 5.96. The van der Waals surface area contributed by atoms with Gasteiger partial charge in [0.2, 0.25) is 5.95 Å². The number of amides is 1. The number of aromatic nitrogens is 4. The summed E-state index contributed by atoms with van der Waals surface area (Å²) in [6.45, 7) is 1.37. The Morgan fingerprint density at radius 1 is 1.14 bits per heavy atom. The van der Waals surface area contributed by atoms with Gasteiger partial charge in [0.25, 0.3) is 5.91 Å². The van der Waals surface area contributed by atoms with Gasteiger partial charge in [-0.1, -0.05) is 12.1 Å². The predicted octanol–water partition coefficient (Wildman–Crippen LogP) is 1.49. The number of nitrogens with one attached hydrogen (secondary N) is 1. The number of carboxylic acids is 1. The van der Waals surface area contributed by atoms with Crippen molar-refractivity contribution in [1.82, 2.24) is 25.3 Å². The summed E-state index contributed by atoms with van der Waals surface area (Å²) in [6, 6.07) is 5.56. The summed E-state index contributed by atoms with van der Waals surface area (Å²) in [4.78, 5) is 51.8. The quantitative estimate of drug-likeness (QED) is 0.313. The molecule has 2 aromatic heterocycles. The SMILES string of the molecule is C#CCC(Cc1cnc2c(N)nc(N)nc2n1)c1ccc(C(=O)N[C@@H](CCC(C)=O)C(=O)O)cc1. The van der Waals surface area contributed by atoms with Crippen molar-refractivity contribution in [2.45, 2.75) is 44.6 Å². The monoisotopic (exact) mass is 475 g/mol. The van der Waals surface area contributed by atoms with Crippen molar-refractivity contribution in [3.8, 4) is 12.3 Å². The molecule has 1 aromatic carbocycles. The topological polar surface area (TPSA) is 187 Å². The number of aliphatic carboxylic acids is 1. The van der Waals surface area contributed by atoms with Crippen LogP contribution in [-0.2, 0) is 16.0 Å². The second-order valence-electron chi connectivity index (χ2n) is 8.04. The van der Waals surface area contributed by atoms with Gasteiger partial charge in [-0.05, 0) is 37.5 Å². The molecule has 11 nitrogen and oxygen atoms in total. The lowest BCUT2D eigenvalue weighted by Crippen LogP contribution is -2.41. The zero-order valence-electron chi connectivity index (χ0n) is 19.1. The molecule has 0 saturated heterocycles. The molecule has 11 heteroatoms. The first-order chi connectivity index (χ1) is 16.7. The van der Waals surface area contributed by atoms with Crippen LogP contribution >= 0.6 is 0 Å². The molecule has 3 rings (SSSR count). The number of terminal acetylenes is 1. The Morgan fingerprint density at radius 3 is 2.49 bits per heavy atom. The number of carbonyl (C=O) groups is 3. The molecule has 0 aliphatic heterocycles. The van der Waals surface area contributed by atoms with E-state index in [0.717, 1.165) is 5.56 Å². The number of rotatable bonds is 10. The van der Waals surface area contributed by atoms with Gasteiger partial charge in [0.05, 0.1) is 5.69 Å². The maximum atomic E-state index is 12.5. The van der Waals surface area contributed by atoms with E-state index >= 15 is 0 Å². The van der Waals surface area contributed by atoms with Gasteiger partial charge in [-0.2, -0.15) is 9.97 Å². The lowest BCUT2D eigenvalue weighted by molar-refractivity contribution is -0.139. The lowest BCUT2D eigenvalue weighted by Gasteiger charge is -2.16. The van der Waals surface area contributed by atoms with E-state index in [1.165, 1.54) is 6.92 Å². The molecular formula is C24H25N7O4. The van der Waals surface area contributed by atoms with Gasteiger partial charge in [0, 0.05) is 30.5 Å². The number of carbonyl (C=O) groups excluding carboxylic acids is 2. The van der Waals surface area contributed by atoms with Gasteiger partial charge in [0.15, 0.2) is 11.5 Å². The number of ketones is 1. The highest BCUT2D eigenvalue weighted by Crippen LogP contribution is 2.25. The summed E-state index contributed by atoms with van der Waals surface area (Å²) < 4.78 is 0. The van der Waals surface area contributed by atoms with Crippen LogP contribution in [0.5, 0.6) is 0 Å². The number of carboxylic acid groups (broad SMARTS) is 1. The maximum Gasteiger partial charge on any atom is 0.326 e. The Kier molecular flexibility index (Phi) is 7.88. The number of hydrogen-bond donors (Lipinski definition) is 4. The first kappa shape index (κ1) is 25.0. The second-order valence-corrected chi connectivity index (χ2v) is 8.04. The van der Waals surface area contributed by atoms with E-state index in [9.17, 15) is 19.5 Å². The Hall–Kier alpha value is -4.59. The molecule has 0 spiro atoms. The largest absolute Gasteiger partial charge is 0.480 e. The molecule has 1 amide bonds. The number of nitrogens with two attached hydrogens (primary N) is 2. The number of hydrogen-bond acceptors (Lipinski definition) is 9. The molecule has 0 radical (unpaired) electrons. The third-order valence-electron chi connectivity index (χ3n) is 5.35. The fourth-order valence-corrected chi connectivity index (χ4v) is 3.54. The number of anilines is 2. The molecule has 0 aliphatic rings. The molecule has 6 N–H and O–H groups in total. The minimum Gasteiger partial charge on any atom is -0.480 e. The van der Waals surface area contributed by atoms with Crippen LogP contribution in [0.3, 0.4) is 0 Å². The van der Waals surface area contributed by atoms with Crippen LogP contribution in [0.25, 0.3) is 11.2 Å². The number of nitrogen functional groups attached to an aromatic ring is 2. The number of fused-ring (bicyclic) bond motifs is 1. The van der Waals surface area contributed by atoms with Gasteiger partial charge in [-0.25, -0.2) is 14.8 Å². The van der Waals surface area contributed by atoms with Crippen LogP contribution in [0, 0.1) is 12.3 Å². The minimum atomic E-state index is -1.20. The van der Waals surface area contributed by atoms with E-state index in [1.54, 1.807) is 30.5 Å². The number of benzene rings is 1. The third-order valence-corrected chi connectivity index (χ3v) is 5.35. The van der Waals surface area contributed by atoms with Gasteiger partial charge in [0.1, 0.15) is 17.3 Å².